The van der Waals surface area contributed by atoms with E-state index in [0.29, 0.717) is 23.0 Å². The molecule has 3 aromatic rings. The second kappa shape index (κ2) is 6.35. The molecule has 0 radical (unpaired) electrons. The number of carbonyl (C=O) groups is 1. The van der Waals surface area contributed by atoms with Gasteiger partial charge in [-0.2, -0.15) is 0 Å². The second-order valence-electron chi connectivity index (χ2n) is 4.96. The molecule has 0 saturated heterocycles. The van der Waals surface area contributed by atoms with Gasteiger partial charge in [0.25, 0.3) is 0 Å². The minimum atomic E-state index is -0.246. The van der Waals surface area contributed by atoms with Crippen LogP contribution in [0.1, 0.15) is 11.5 Å². The number of ether oxygens (including phenoxy) is 1. The van der Waals surface area contributed by atoms with Crippen LogP contribution < -0.4 is 10.1 Å². The fourth-order valence-corrected chi connectivity index (χ4v) is 2.08. The zero-order valence-corrected chi connectivity index (χ0v) is 12.7. The van der Waals surface area contributed by atoms with E-state index >= 15 is 0 Å². The molecule has 3 rings (SSSR count). The minimum Gasteiger partial charge on any atom is -0.497 e. The van der Waals surface area contributed by atoms with Crippen LogP contribution in [0, 0.1) is 6.92 Å². The van der Waals surface area contributed by atoms with Crippen LogP contribution in [-0.4, -0.2) is 23.3 Å². The number of nitrogens with one attached hydrogen (secondary N) is 1. The van der Waals surface area contributed by atoms with E-state index in [1.807, 2.05) is 24.3 Å². The second-order valence-corrected chi connectivity index (χ2v) is 4.96. The first-order valence-corrected chi connectivity index (χ1v) is 6.97. The first-order valence-electron chi connectivity index (χ1n) is 6.97. The van der Waals surface area contributed by atoms with Gasteiger partial charge in [0.15, 0.2) is 11.6 Å². The Morgan fingerprint density at radius 3 is 2.83 bits per heavy atom. The molecule has 0 fully saturated rings. The molecule has 23 heavy (non-hydrogen) atoms. The number of nitrogens with zero attached hydrogens (tertiary/aromatic N) is 2. The van der Waals surface area contributed by atoms with Crippen LogP contribution in [-0.2, 0) is 11.2 Å². The van der Waals surface area contributed by atoms with E-state index in [-0.39, 0.29) is 12.3 Å². The van der Waals surface area contributed by atoms with Crippen LogP contribution in [0.2, 0.25) is 0 Å². The van der Waals surface area contributed by atoms with Crippen LogP contribution in [0.5, 0.6) is 5.75 Å². The lowest BCUT2D eigenvalue weighted by molar-refractivity contribution is -0.115. The molecule has 0 spiro atoms. The first kappa shape index (κ1) is 14.8. The van der Waals surface area contributed by atoms with Crippen molar-refractivity contribution < 1.29 is 18.6 Å². The lowest BCUT2D eigenvalue weighted by Crippen LogP contribution is -2.14. The lowest BCUT2D eigenvalue weighted by atomic mass is 10.1. The standard InChI is InChI=1S/C16H15N3O4/c1-10-6-15(19-22-10)17-16(20)9-12-8-14(23-18-12)11-4-3-5-13(7-11)21-2/h3-8H,9H2,1-2H3,(H,17,19,20). The van der Waals surface area contributed by atoms with Crippen molar-refractivity contribution in [2.45, 2.75) is 13.3 Å². The summed E-state index contributed by atoms with van der Waals surface area (Å²) in [6, 6.07) is 10.8. The SMILES string of the molecule is COc1cccc(-c2cc(CC(=O)Nc3cc(C)on3)no2)c1. The summed E-state index contributed by atoms with van der Waals surface area (Å²) in [4.78, 5) is 11.9. The Morgan fingerprint density at radius 2 is 2.09 bits per heavy atom. The molecule has 1 aromatic carbocycles. The minimum absolute atomic E-state index is 0.0827. The van der Waals surface area contributed by atoms with Crippen molar-refractivity contribution in [3.63, 3.8) is 0 Å². The maximum atomic E-state index is 11.9. The van der Waals surface area contributed by atoms with Crippen LogP contribution in [0.4, 0.5) is 5.82 Å². The molecule has 0 aliphatic rings. The number of anilines is 1. The number of benzene rings is 1. The molecular weight excluding hydrogens is 298 g/mol. The Hall–Kier alpha value is -3.09. The van der Waals surface area contributed by atoms with E-state index in [9.17, 15) is 4.79 Å². The molecule has 1 N–H and O–H groups in total. The van der Waals surface area contributed by atoms with Gasteiger partial charge >= 0.3 is 0 Å². The summed E-state index contributed by atoms with van der Waals surface area (Å²) >= 11 is 0. The van der Waals surface area contributed by atoms with Crippen molar-refractivity contribution in [2.75, 3.05) is 12.4 Å². The molecule has 2 heterocycles. The van der Waals surface area contributed by atoms with Gasteiger partial charge in [-0.1, -0.05) is 22.4 Å². The molecule has 0 bridgehead atoms. The molecule has 0 aliphatic carbocycles. The summed E-state index contributed by atoms with van der Waals surface area (Å²) in [5.74, 6) is 2.05. The van der Waals surface area contributed by atoms with Crippen LogP contribution in [0.3, 0.4) is 0 Å². The normalized spacial score (nSPS) is 10.5. The Balaban J connectivity index is 1.68. The molecule has 0 atom stereocenters. The third-order valence-corrected chi connectivity index (χ3v) is 3.15. The Bertz CT molecular complexity index is 822. The maximum absolute atomic E-state index is 11.9. The fourth-order valence-electron chi connectivity index (χ4n) is 2.08. The first-order chi connectivity index (χ1) is 11.1. The summed E-state index contributed by atoms with van der Waals surface area (Å²) in [5.41, 5.74) is 1.36. The molecular formula is C16H15N3O4. The van der Waals surface area contributed by atoms with Crippen molar-refractivity contribution >= 4 is 11.7 Å². The zero-order chi connectivity index (χ0) is 16.2. The molecule has 7 heteroatoms. The molecule has 1 amide bonds. The van der Waals surface area contributed by atoms with Crippen LogP contribution in [0.15, 0.2) is 45.4 Å². The highest BCUT2D eigenvalue weighted by Gasteiger charge is 2.12. The Labute approximate surface area is 132 Å². The number of amides is 1. The number of methoxy groups -OCH3 is 1. The van der Waals surface area contributed by atoms with Gasteiger partial charge in [0.2, 0.25) is 5.91 Å². The van der Waals surface area contributed by atoms with Gasteiger partial charge < -0.3 is 19.1 Å². The molecule has 0 aliphatic heterocycles. The Kier molecular flexibility index (Phi) is 4.09. The quantitative estimate of drug-likeness (QED) is 0.779. The number of carbonyl (C=O) groups excluding carboxylic acids is 1. The van der Waals surface area contributed by atoms with Crippen molar-refractivity contribution in [2.24, 2.45) is 0 Å². The van der Waals surface area contributed by atoms with E-state index in [2.05, 4.69) is 15.6 Å². The molecule has 0 unspecified atom stereocenters. The smallest absolute Gasteiger partial charge is 0.231 e. The van der Waals surface area contributed by atoms with E-state index in [0.717, 1.165) is 11.3 Å². The predicted octanol–water partition coefficient (Wildman–Crippen LogP) is 2.83. The summed E-state index contributed by atoms with van der Waals surface area (Å²) in [6.45, 7) is 1.75. The third kappa shape index (κ3) is 3.57. The van der Waals surface area contributed by atoms with Crippen LogP contribution in [0.25, 0.3) is 11.3 Å². The number of hydrogen-bond donors (Lipinski definition) is 1. The summed E-state index contributed by atoms with van der Waals surface area (Å²) in [5, 5.41) is 10.3. The number of rotatable bonds is 5. The maximum Gasteiger partial charge on any atom is 0.231 e. The van der Waals surface area contributed by atoms with Crippen molar-refractivity contribution in [1.82, 2.24) is 10.3 Å². The average molecular weight is 313 g/mol. The van der Waals surface area contributed by atoms with E-state index in [4.69, 9.17) is 13.8 Å². The van der Waals surface area contributed by atoms with Crippen molar-refractivity contribution in [3.8, 4) is 17.1 Å². The zero-order valence-electron chi connectivity index (χ0n) is 12.7. The number of aryl methyl sites for hydroxylation is 1. The van der Waals surface area contributed by atoms with Gasteiger partial charge in [-0.15, -0.1) is 0 Å². The van der Waals surface area contributed by atoms with E-state index in [1.165, 1.54) is 0 Å². The van der Waals surface area contributed by atoms with Gasteiger partial charge in [-0.05, 0) is 19.1 Å². The lowest BCUT2D eigenvalue weighted by Gasteiger charge is -2.00. The largest absolute Gasteiger partial charge is 0.497 e. The van der Waals surface area contributed by atoms with Gasteiger partial charge in [-0.3, -0.25) is 4.79 Å². The number of hydrogen-bond acceptors (Lipinski definition) is 6. The topological polar surface area (TPSA) is 90.4 Å². The van der Waals surface area contributed by atoms with Gasteiger partial charge in [0.1, 0.15) is 11.5 Å². The molecule has 7 nitrogen and oxygen atoms in total. The fraction of sp³-hybridized carbons (Fsp3) is 0.188. The summed E-state index contributed by atoms with van der Waals surface area (Å²) in [7, 11) is 1.60. The molecule has 0 saturated carbocycles. The highest BCUT2D eigenvalue weighted by molar-refractivity contribution is 5.91. The van der Waals surface area contributed by atoms with Crippen LogP contribution >= 0.6 is 0 Å². The number of aromatic nitrogens is 2. The average Bonchev–Trinajstić information content (AvgIpc) is 3.16. The van der Waals surface area contributed by atoms with Crippen molar-refractivity contribution in [3.05, 3.63) is 47.9 Å². The Morgan fingerprint density at radius 1 is 1.22 bits per heavy atom. The van der Waals surface area contributed by atoms with Crippen molar-refractivity contribution in [1.29, 1.82) is 0 Å². The third-order valence-electron chi connectivity index (χ3n) is 3.15. The van der Waals surface area contributed by atoms with E-state index < -0.39 is 0 Å². The van der Waals surface area contributed by atoms with E-state index in [1.54, 1.807) is 26.2 Å². The summed E-state index contributed by atoms with van der Waals surface area (Å²) < 4.78 is 15.3. The van der Waals surface area contributed by atoms with Gasteiger partial charge in [-0.25, -0.2) is 0 Å². The molecule has 118 valence electrons. The molecule has 2 aromatic heterocycles. The van der Waals surface area contributed by atoms with Gasteiger partial charge in [0, 0.05) is 17.7 Å². The monoisotopic (exact) mass is 313 g/mol. The van der Waals surface area contributed by atoms with Gasteiger partial charge in [0.05, 0.1) is 19.2 Å². The predicted molar refractivity (Wildman–Crippen MR) is 82.1 cm³/mol. The highest BCUT2D eigenvalue weighted by atomic mass is 16.5. The summed E-state index contributed by atoms with van der Waals surface area (Å²) in [6.07, 6.45) is 0.0827. The highest BCUT2D eigenvalue weighted by Crippen LogP contribution is 2.24.